The highest BCUT2D eigenvalue weighted by molar-refractivity contribution is 5.94. The average molecular weight is 335 g/mol. The van der Waals surface area contributed by atoms with Crippen LogP contribution in [0.3, 0.4) is 0 Å². The highest BCUT2D eigenvalue weighted by Gasteiger charge is 2.07. The Labute approximate surface area is 142 Å². The van der Waals surface area contributed by atoms with E-state index in [1.54, 1.807) is 35.0 Å². The summed E-state index contributed by atoms with van der Waals surface area (Å²) in [7, 11) is 0. The number of nitro benzene ring substituents is 1. The van der Waals surface area contributed by atoms with Crippen LogP contribution in [0.2, 0.25) is 0 Å². The third-order valence-electron chi connectivity index (χ3n) is 3.42. The topological polar surface area (TPSA) is 102 Å². The van der Waals surface area contributed by atoms with E-state index < -0.39 is 4.92 Å². The molecule has 1 amide bonds. The molecule has 25 heavy (non-hydrogen) atoms. The fourth-order valence-corrected chi connectivity index (χ4v) is 2.19. The van der Waals surface area contributed by atoms with E-state index in [-0.39, 0.29) is 11.6 Å². The summed E-state index contributed by atoms with van der Waals surface area (Å²) in [6.07, 6.45) is 6.35. The molecule has 3 rings (SSSR count). The van der Waals surface area contributed by atoms with E-state index in [0.29, 0.717) is 11.3 Å². The Hall–Kier alpha value is -3.81. The number of hydrogen-bond acceptors (Lipinski definition) is 5. The summed E-state index contributed by atoms with van der Waals surface area (Å²) in [5.74, 6) is -0.341. The van der Waals surface area contributed by atoms with Crippen molar-refractivity contribution in [1.82, 2.24) is 15.0 Å². The van der Waals surface area contributed by atoms with E-state index in [2.05, 4.69) is 15.5 Å². The predicted molar refractivity (Wildman–Crippen MR) is 91.7 cm³/mol. The van der Waals surface area contributed by atoms with Crippen LogP contribution >= 0.6 is 0 Å². The molecule has 0 saturated heterocycles. The first-order chi connectivity index (χ1) is 12.1. The molecule has 0 atom stereocenters. The number of amides is 1. The van der Waals surface area contributed by atoms with Crippen LogP contribution in [0.4, 0.5) is 5.69 Å². The monoisotopic (exact) mass is 335 g/mol. The first-order valence-electron chi connectivity index (χ1n) is 7.31. The summed E-state index contributed by atoms with van der Waals surface area (Å²) in [6.45, 7) is 0. The normalized spacial score (nSPS) is 10.7. The summed E-state index contributed by atoms with van der Waals surface area (Å²) in [4.78, 5) is 26.0. The molecular formula is C17H13N5O3. The zero-order chi connectivity index (χ0) is 17.6. The van der Waals surface area contributed by atoms with E-state index in [4.69, 9.17) is 0 Å². The van der Waals surface area contributed by atoms with Crippen molar-refractivity contribution in [3.05, 3.63) is 88.5 Å². The molecule has 8 nitrogen and oxygen atoms in total. The van der Waals surface area contributed by atoms with Gasteiger partial charge in [0.05, 0.1) is 16.8 Å². The molecule has 124 valence electrons. The summed E-state index contributed by atoms with van der Waals surface area (Å²) in [5, 5.41) is 14.7. The molecule has 3 aromatic rings. The number of aromatic nitrogens is 2. The molecule has 0 spiro atoms. The lowest BCUT2D eigenvalue weighted by molar-refractivity contribution is -0.384. The molecule has 0 aliphatic carbocycles. The Kier molecular flexibility index (Phi) is 4.61. The molecule has 0 aliphatic rings. The lowest BCUT2D eigenvalue weighted by Gasteiger charge is -2.06. The molecule has 0 unspecified atom stereocenters. The van der Waals surface area contributed by atoms with Crippen molar-refractivity contribution in [3.8, 4) is 5.69 Å². The van der Waals surface area contributed by atoms with Crippen LogP contribution in [0.1, 0.15) is 16.1 Å². The van der Waals surface area contributed by atoms with Crippen LogP contribution in [0.15, 0.2) is 72.2 Å². The SMILES string of the molecule is O=C(N/N=C\c1cccn1-c1ccc([N+](=O)[O-])cc1)c1ccncc1. The van der Waals surface area contributed by atoms with E-state index in [9.17, 15) is 14.9 Å². The Morgan fingerprint density at radius 3 is 2.56 bits per heavy atom. The number of nitro groups is 1. The molecule has 0 aliphatic heterocycles. The maximum atomic E-state index is 11.9. The van der Waals surface area contributed by atoms with Gasteiger partial charge in [0.25, 0.3) is 11.6 Å². The van der Waals surface area contributed by atoms with Gasteiger partial charge in [0.1, 0.15) is 0 Å². The molecule has 0 radical (unpaired) electrons. The van der Waals surface area contributed by atoms with Gasteiger partial charge in [-0.2, -0.15) is 5.10 Å². The third kappa shape index (κ3) is 3.75. The lowest BCUT2D eigenvalue weighted by Crippen LogP contribution is -2.17. The largest absolute Gasteiger partial charge is 0.316 e. The van der Waals surface area contributed by atoms with Crippen molar-refractivity contribution < 1.29 is 9.72 Å². The van der Waals surface area contributed by atoms with Crippen LogP contribution in [0.25, 0.3) is 5.69 Å². The van der Waals surface area contributed by atoms with Crippen molar-refractivity contribution in [2.24, 2.45) is 5.10 Å². The molecule has 1 N–H and O–H groups in total. The van der Waals surface area contributed by atoms with Crippen LogP contribution in [0.5, 0.6) is 0 Å². The summed E-state index contributed by atoms with van der Waals surface area (Å²) in [5.41, 5.74) is 4.38. The second-order valence-electron chi connectivity index (χ2n) is 5.01. The van der Waals surface area contributed by atoms with Gasteiger partial charge in [0.15, 0.2) is 0 Å². The second kappa shape index (κ2) is 7.18. The van der Waals surface area contributed by atoms with Gasteiger partial charge in [-0.1, -0.05) is 0 Å². The average Bonchev–Trinajstić information content (AvgIpc) is 3.11. The van der Waals surface area contributed by atoms with Crippen LogP contribution < -0.4 is 5.43 Å². The van der Waals surface area contributed by atoms with Crippen LogP contribution in [-0.4, -0.2) is 26.6 Å². The number of carbonyl (C=O) groups is 1. The first-order valence-corrected chi connectivity index (χ1v) is 7.31. The maximum absolute atomic E-state index is 11.9. The zero-order valence-electron chi connectivity index (χ0n) is 12.9. The Bertz CT molecular complexity index is 917. The number of nitrogens with zero attached hydrogens (tertiary/aromatic N) is 4. The van der Waals surface area contributed by atoms with E-state index in [0.717, 1.165) is 5.69 Å². The first kappa shape index (κ1) is 16.1. The number of pyridine rings is 1. The number of nitrogens with one attached hydrogen (secondary N) is 1. The number of non-ortho nitro benzene ring substituents is 1. The molecule has 8 heteroatoms. The smallest absolute Gasteiger partial charge is 0.271 e. The summed E-state index contributed by atoms with van der Waals surface area (Å²) in [6, 6.07) is 12.9. The summed E-state index contributed by atoms with van der Waals surface area (Å²) < 4.78 is 1.80. The van der Waals surface area contributed by atoms with E-state index >= 15 is 0 Å². The number of carbonyl (C=O) groups excluding carboxylic acids is 1. The molecule has 0 bridgehead atoms. The van der Waals surface area contributed by atoms with Crippen molar-refractivity contribution in [2.45, 2.75) is 0 Å². The Morgan fingerprint density at radius 1 is 1.16 bits per heavy atom. The third-order valence-corrected chi connectivity index (χ3v) is 3.42. The molecule has 0 fully saturated rings. The Balaban J connectivity index is 1.73. The van der Waals surface area contributed by atoms with Gasteiger partial charge in [-0.3, -0.25) is 19.9 Å². The van der Waals surface area contributed by atoms with Crippen LogP contribution in [-0.2, 0) is 0 Å². The van der Waals surface area contributed by atoms with Crippen molar-refractivity contribution in [2.75, 3.05) is 0 Å². The van der Waals surface area contributed by atoms with Gasteiger partial charge >= 0.3 is 0 Å². The minimum absolute atomic E-state index is 0.0238. The minimum Gasteiger partial charge on any atom is -0.316 e. The predicted octanol–water partition coefficient (Wildman–Crippen LogP) is 2.54. The molecule has 2 aromatic heterocycles. The van der Waals surface area contributed by atoms with E-state index in [1.165, 1.54) is 30.7 Å². The number of rotatable bonds is 5. The number of hydrazone groups is 1. The van der Waals surface area contributed by atoms with Gasteiger partial charge in [0.2, 0.25) is 0 Å². The fourth-order valence-electron chi connectivity index (χ4n) is 2.19. The highest BCUT2D eigenvalue weighted by atomic mass is 16.6. The lowest BCUT2D eigenvalue weighted by atomic mass is 10.2. The van der Waals surface area contributed by atoms with Gasteiger partial charge in [-0.15, -0.1) is 0 Å². The van der Waals surface area contributed by atoms with Gasteiger partial charge < -0.3 is 4.57 Å². The van der Waals surface area contributed by atoms with Gasteiger partial charge in [0, 0.05) is 42.0 Å². The molecule has 2 heterocycles. The maximum Gasteiger partial charge on any atom is 0.271 e. The number of benzene rings is 1. The minimum atomic E-state index is -0.448. The van der Waals surface area contributed by atoms with Crippen molar-refractivity contribution >= 4 is 17.8 Å². The molecule has 0 saturated carbocycles. The zero-order valence-corrected chi connectivity index (χ0v) is 12.9. The van der Waals surface area contributed by atoms with E-state index in [1.807, 2.05) is 12.1 Å². The standard InChI is InChI=1S/C17H13N5O3/c23-17(13-7-9-18-10-8-13)20-19-12-16-2-1-11-21(16)14-3-5-15(6-4-14)22(24)25/h1-12H,(H,20,23)/b19-12-. The number of hydrogen-bond donors (Lipinski definition) is 1. The second-order valence-corrected chi connectivity index (χ2v) is 5.01. The molecule has 1 aromatic carbocycles. The highest BCUT2D eigenvalue weighted by Crippen LogP contribution is 2.16. The summed E-state index contributed by atoms with van der Waals surface area (Å²) >= 11 is 0. The van der Waals surface area contributed by atoms with Crippen molar-refractivity contribution in [3.63, 3.8) is 0 Å². The van der Waals surface area contributed by atoms with Crippen molar-refractivity contribution in [1.29, 1.82) is 0 Å². The van der Waals surface area contributed by atoms with Gasteiger partial charge in [-0.05, 0) is 36.4 Å². The Morgan fingerprint density at radius 2 is 1.88 bits per heavy atom. The quantitative estimate of drug-likeness (QED) is 0.439. The molecular weight excluding hydrogens is 322 g/mol. The fraction of sp³-hybridized carbons (Fsp3) is 0. The van der Waals surface area contributed by atoms with Crippen LogP contribution in [0, 0.1) is 10.1 Å². The van der Waals surface area contributed by atoms with Gasteiger partial charge in [-0.25, -0.2) is 5.43 Å².